The number of halogens is 2. The van der Waals surface area contributed by atoms with E-state index in [-0.39, 0.29) is 11.8 Å². The van der Waals surface area contributed by atoms with Gasteiger partial charge in [0.05, 0.1) is 0 Å². The first-order valence-electron chi connectivity index (χ1n) is 8.87. The van der Waals surface area contributed by atoms with Crippen molar-refractivity contribution in [1.82, 2.24) is 0 Å². The van der Waals surface area contributed by atoms with Crippen LogP contribution in [0.3, 0.4) is 0 Å². The molecule has 0 bridgehead atoms. The number of carbonyl (C=O) groups is 2. The molecule has 0 spiro atoms. The maximum Gasteiger partial charge on any atom is 0.288 e. The van der Waals surface area contributed by atoms with Crippen LogP contribution in [0.25, 0.3) is 0 Å². The van der Waals surface area contributed by atoms with Gasteiger partial charge in [0, 0.05) is 35.4 Å². The van der Waals surface area contributed by atoms with Crippen molar-refractivity contribution in [2.75, 3.05) is 22.1 Å². The van der Waals surface area contributed by atoms with Crippen molar-refractivity contribution in [1.29, 1.82) is 0 Å². The van der Waals surface area contributed by atoms with Crippen molar-refractivity contribution in [2.45, 2.75) is 37.0 Å². The summed E-state index contributed by atoms with van der Waals surface area (Å²) >= 11 is 0.463. The van der Waals surface area contributed by atoms with Crippen molar-refractivity contribution in [3.05, 3.63) is 48.0 Å². The van der Waals surface area contributed by atoms with Crippen LogP contribution in [0.2, 0.25) is 0 Å². The first-order chi connectivity index (χ1) is 13.3. The van der Waals surface area contributed by atoms with Crippen molar-refractivity contribution in [3.63, 3.8) is 0 Å². The Morgan fingerprint density at radius 1 is 1.11 bits per heavy atom. The van der Waals surface area contributed by atoms with Crippen molar-refractivity contribution in [2.24, 2.45) is 0 Å². The summed E-state index contributed by atoms with van der Waals surface area (Å²) in [6.45, 7) is 3.96. The van der Waals surface area contributed by atoms with Gasteiger partial charge >= 0.3 is 0 Å². The fourth-order valence-corrected chi connectivity index (χ4v) is 3.60. The second-order valence-corrected chi connectivity index (χ2v) is 7.59. The average molecular weight is 405 g/mol. The number of hydrogen-bond acceptors (Lipinski definition) is 4. The molecule has 0 fully saturated rings. The fraction of sp³-hybridized carbons (Fsp3) is 0.300. The SMILES string of the molecule is CC(=O)N1CCc2cc(N[C@@H](C)C(=O)Nc3ccc(SC(F)F)cc3)ccc21. The minimum Gasteiger partial charge on any atom is -0.374 e. The van der Waals surface area contributed by atoms with Gasteiger partial charge in [0.15, 0.2) is 0 Å². The quantitative estimate of drug-likeness (QED) is 0.702. The number of anilines is 3. The summed E-state index contributed by atoms with van der Waals surface area (Å²) in [6.07, 6.45) is 0.786. The standard InChI is InChI=1S/C20H21F2N3O2S/c1-12(19(27)24-15-3-6-17(7-4-15)28-20(21)22)23-16-5-8-18-14(11-16)9-10-25(18)13(2)26/h3-8,11-12,20,23H,9-10H2,1-2H3,(H,24,27)/t12-/m0/s1. The summed E-state index contributed by atoms with van der Waals surface area (Å²) < 4.78 is 24.7. The first-order valence-corrected chi connectivity index (χ1v) is 9.75. The predicted octanol–water partition coefficient (Wildman–Crippen LogP) is 4.35. The van der Waals surface area contributed by atoms with Gasteiger partial charge in [0.1, 0.15) is 6.04 Å². The smallest absolute Gasteiger partial charge is 0.288 e. The van der Waals surface area contributed by atoms with Crippen LogP contribution in [-0.2, 0) is 16.0 Å². The highest BCUT2D eigenvalue weighted by molar-refractivity contribution is 7.99. The molecule has 2 aromatic carbocycles. The molecular weight excluding hydrogens is 384 g/mol. The Kier molecular flexibility index (Phi) is 6.18. The molecule has 2 aromatic rings. The molecule has 28 heavy (non-hydrogen) atoms. The van der Waals surface area contributed by atoms with Crippen LogP contribution in [0.15, 0.2) is 47.4 Å². The maximum absolute atomic E-state index is 12.4. The van der Waals surface area contributed by atoms with Crippen LogP contribution in [0.1, 0.15) is 19.4 Å². The normalized spacial score (nSPS) is 14.0. The third-order valence-electron chi connectivity index (χ3n) is 4.48. The van der Waals surface area contributed by atoms with Crippen molar-refractivity contribution >= 4 is 40.6 Å². The second kappa shape index (κ2) is 8.60. The van der Waals surface area contributed by atoms with E-state index in [0.29, 0.717) is 28.9 Å². The number of nitrogens with zero attached hydrogens (tertiary/aromatic N) is 1. The van der Waals surface area contributed by atoms with E-state index in [9.17, 15) is 18.4 Å². The predicted molar refractivity (Wildman–Crippen MR) is 108 cm³/mol. The molecule has 1 atom stereocenters. The molecule has 0 saturated heterocycles. The van der Waals surface area contributed by atoms with Crippen molar-refractivity contribution < 1.29 is 18.4 Å². The van der Waals surface area contributed by atoms with Gasteiger partial charge in [-0.2, -0.15) is 8.78 Å². The number of hydrogen-bond donors (Lipinski definition) is 2. The third-order valence-corrected chi connectivity index (χ3v) is 5.20. The van der Waals surface area contributed by atoms with E-state index in [4.69, 9.17) is 0 Å². The highest BCUT2D eigenvalue weighted by atomic mass is 32.2. The van der Waals surface area contributed by atoms with Gasteiger partial charge in [-0.15, -0.1) is 0 Å². The Balaban J connectivity index is 1.59. The summed E-state index contributed by atoms with van der Waals surface area (Å²) in [4.78, 5) is 26.2. The van der Waals surface area contributed by atoms with E-state index in [1.165, 1.54) is 0 Å². The van der Waals surface area contributed by atoms with E-state index in [0.717, 1.165) is 23.4 Å². The average Bonchev–Trinajstić information content (AvgIpc) is 3.06. The lowest BCUT2D eigenvalue weighted by Crippen LogP contribution is -2.31. The highest BCUT2D eigenvalue weighted by Crippen LogP contribution is 2.31. The molecular formula is C20H21F2N3O2S. The van der Waals surface area contributed by atoms with Gasteiger partial charge in [-0.3, -0.25) is 9.59 Å². The summed E-state index contributed by atoms with van der Waals surface area (Å²) in [6, 6.07) is 11.5. The number of carbonyl (C=O) groups excluding carboxylic acids is 2. The van der Waals surface area contributed by atoms with Crippen LogP contribution in [0, 0.1) is 0 Å². The molecule has 148 valence electrons. The minimum absolute atomic E-state index is 0.0187. The molecule has 0 unspecified atom stereocenters. The summed E-state index contributed by atoms with van der Waals surface area (Å²) in [5.74, 6) is -2.69. The zero-order chi connectivity index (χ0) is 20.3. The highest BCUT2D eigenvalue weighted by Gasteiger charge is 2.22. The molecule has 1 aliphatic heterocycles. The fourth-order valence-electron chi connectivity index (χ4n) is 3.10. The summed E-state index contributed by atoms with van der Waals surface area (Å²) in [7, 11) is 0. The van der Waals surface area contributed by atoms with Crippen LogP contribution in [0.4, 0.5) is 25.8 Å². The van der Waals surface area contributed by atoms with Gasteiger partial charge in [-0.1, -0.05) is 11.8 Å². The molecule has 8 heteroatoms. The van der Waals surface area contributed by atoms with E-state index in [2.05, 4.69) is 10.6 Å². The number of thioether (sulfide) groups is 1. The molecule has 0 aromatic heterocycles. The number of fused-ring (bicyclic) bond motifs is 1. The van der Waals surface area contributed by atoms with Gasteiger partial charge < -0.3 is 15.5 Å². The van der Waals surface area contributed by atoms with E-state index in [1.54, 1.807) is 43.0 Å². The largest absolute Gasteiger partial charge is 0.374 e. The van der Waals surface area contributed by atoms with Crippen LogP contribution in [0.5, 0.6) is 0 Å². The van der Waals surface area contributed by atoms with Gasteiger partial charge in [-0.05, 0) is 61.4 Å². The van der Waals surface area contributed by atoms with Crippen LogP contribution in [-0.4, -0.2) is 30.2 Å². The summed E-state index contributed by atoms with van der Waals surface area (Å²) in [5.41, 5.74) is 3.33. The number of rotatable bonds is 6. The number of amides is 2. The Morgan fingerprint density at radius 2 is 1.79 bits per heavy atom. The summed E-state index contributed by atoms with van der Waals surface area (Å²) in [5, 5.41) is 5.92. The Morgan fingerprint density at radius 3 is 2.43 bits per heavy atom. The van der Waals surface area contributed by atoms with E-state index < -0.39 is 11.8 Å². The van der Waals surface area contributed by atoms with E-state index >= 15 is 0 Å². The second-order valence-electron chi connectivity index (χ2n) is 6.52. The number of nitrogens with one attached hydrogen (secondary N) is 2. The van der Waals surface area contributed by atoms with Gasteiger partial charge in [0.25, 0.3) is 5.76 Å². The van der Waals surface area contributed by atoms with Crippen LogP contribution < -0.4 is 15.5 Å². The monoisotopic (exact) mass is 405 g/mol. The zero-order valence-corrected chi connectivity index (χ0v) is 16.4. The Bertz CT molecular complexity index is 874. The first kappa shape index (κ1) is 20.1. The third kappa shape index (κ3) is 4.81. The molecule has 2 amide bonds. The lowest BCUT2D eigenvalue weighted by Gasteiger charge is -2.18. The molecule has 0 saturated carbocycles. The van der Waals surface area contributed by atoms with Crippen molar-refractivity contribution in [3.8, 4) is 0 Å². The Labute approximate surface area is 166 Å². The van der Waals surface area contributed by atoms with Gasteiger partial charge in [-0.25, -0.2) is 0 Å². The topological polar surface area (TPSA) is 61.4 Å². The zero-order valence-electron chi connectivity index (χ0n) is 15.5. The molecule has 1 aliphatic rings. The van der Waals surface area contributed by atoms with Crippen LogP contribution >= 0.6 is 11.8 Å². The number of benzene rings is 2. The number of alkyl halides is 2. The molecule has 0 radical (unpaired) electrons. The maximum atomic E-state index is 12.4. The van der Waals surface area contributed by atoms with Gasteiger partial charge in [0.2, 0.25) is 11.8 Å². The molecule has 1 heterocycles. The molecule has 2 N–H and O–H groups in total. The molecule has 3 rings (SSSR count). The lowest BCUT2D eigenvalue weighted by molar-refractivity contribution is -0.117. The molecule has 5 nitrogen and oxygen atoms in total. The Hall–Kier alpha value is -2.61. The van der Waals surface area contributed by atoms with E-state index in [1.807, 2.05) is 18.2 Å². The lowest BCUT2D eigenvalue weighted by atomic mass is 10.1. The minimum atomic E-state index is -2.47. The molecule has 0 aliphatic carbocycles.